The van der Waals surface area contributed by atoms with E-state index in [1.165, 1.54) is 0 Å². The fourth-order valence-corrected chi connectivity index (χ4v) is 2.51. The van der Waals surface area contributed by atoms with Crippen molar-refractivity contribution in [1.82, 2.24) is 5.32 Å². The fourth-order valence-electron chi connectivity index (χ4n) is 2.51. The van der Waals surface area contributed by atoms with Crippen molar-refractivity contribution in [2.24, 2.45) is 0 Å². The summed E-state index contributed by atoms with van der Waals surface area (Å²) in [5.41, 5.74) is 1.79. The van der Waals surface area contributed by atoms with Gasteiger partial charge in [0.15, 0.2) is 0 Å². The summed E-state index contributed by atoms with van der Waals surface area (Å²) in [7, 11) is 0. The molecule has 0 bridgehead atoms. The maximum atomic E-state index is 12.0. The van der Waals surface area contributed by atoms with E-state index < -0.39 is 12.2 Å². The van der Waals surface area contributed by atoms with Gasteiger partial charge in [-0.1, -0.05) is 80.4 Å². The van der Waals surface area contributed by atoms with Crippen LogP contribution in [0.15, 0.2) is 60.7 Å². The number of unbranched alkanes of at least 4 members (excludes halogenated alkanes) is 1. The second-order valence-electron chi connectivity index (χ2n) is 6.38. The second-order valence-corrected chi connectivity index (χ2v) is 6.38. The average Bonchev–Trinajstić information content (AvgIpc) is 2.74. The second kappa shape index (κ2) is 12.4. The first kappa shape index (κ1) is 21.3. The summed E-state index contributed by atoms with van der Waals surface area (Å²) in [6, 6.07) is 18.5. The van der Waals surface area contributed by atoms with Gasteiger partial charge in [0, 0.05) is 0 Å². The lowest BCUT2D eigenvalue weighted by atomic mass is 10.1. The lowest BCUT2D eigenvalue weighted by molar-refractivity contribution is 0.0414. The van der Waals surface area contributed by atoms with Crippen molar-refractivity contribution < 1.29 is 23.8 Å². The Morgan fingerprint density at radius 2 is 1.43 bits per heavy atom. The Morgan fingerprint density at radius 1 is 0.857 bits per heavy atom. The maximum Gasteiger partial charge on any atom is 0.508 e. The lowest BCUT2D eigenvalue weighted by Gasteiger charge is -2.18. The molecule has 0 saturated carbocycles. The molecule has 2 rings (SSSR count). The summed E-state index contributed by atoms with van der Waals surface area (Å²) >= 11 is 0. The third-order valence-corrected chi connectivity index (χ3v) is 4.04. The lowest BCUT2D eigenvalue weighted by Crippen LogP contribution is -2.39. The van der Waals surface area contributed by atoms with Gasteiger partial charge in [-0.25, -0.2) is 9.59 Å². The largest absolute Gasteiger partial charge is 0.508 e. The van der Waals surface area contributed by atoms with Crippen LogP contribution in [0.5, 0.6) is 0 Å². The fraction of sp³-hybridized carbons (Fsp3) is 0.364. The standard InChI is InChI=1S/C22H27NO5/c1-2-3-14-20(23-21(24)26-15-18-10-6-4-7-11-18)17-28-22(25)27-16-19-12-8-5-9-13-19/h4-13,20H,2-3,14-17H2,1H3,(H,23,24)/t20-/m1/s1. The highest BCUT2D eigenvalue weighted by atomic mass is 16.7. The minimum Gasteiger partial charge on any atom is -0.445 e. The molecule has 6 nitrogen and oxygen atoms in total. The Kier molecular flexibility index (Phi) is 9.41. The molecule has 150 valence electrons. The Balaban J connectivity index is 1.73. The molecule has 2 aromatic carbocycles. The van der Waals surface area contributed by atoms with E-state index in [0.717, 1.165) is 24.0 Å². The topological polar surface area (TPSA) is 73.9 Å². The summed E-state index contributed by atoms with van der Waals surface area (Å²) in [5, 5.41) is 2.76. The zero-order chi connectivity index (χ0) is 20.0. The van der Waals surface area contributed by atoms with Crippen LogP contribution in [0, 0.1) is 0 Å². The minimum atomic E-state index is -0.759. The van der Waals surface area contributed by atoms with Crippen LogP contribution < -0.4 is 5.32 Å². The van der Waals surface area contributed by atoms with E-state index in [1.54, 1.807) is 0 Å². The molecule has 0 heterocycles. The molecule has 0 aromatic heterocycles. The maximum absolute atomic E-state index is 12.0. The van der Waals surface area contributed by atoms with E-state index in [4.69, 9.17) is 14.2 Å². The summed E-state index contributed by atoms with van der Waals surface area (Å²) < 4.78 is 15.5. The first-order valence-electron chi connectivity index (χ1n) is 9.48. The monoisotopic (exact) mass is 385 g/mol. The van der Waals surface area contributed by atoms with Crippen LogP contribution in [0.2, 0.25) is 0 Å². The number of nitrogens with one attached hydrogen (secondary N) is 1. The van der Waals surface area contributed by atoms with E-state index in [-0.39, 0.29) is 25.9 Å². The van der Waals surface area contributed by atoms with Gasteiger partial charge < -0.3 is 19.5 Å². The van der Waals surface area contributed by atoms with Crippen LogP contribution in [0.25, 0.3) is 0 Å². The number of hydrogen-bond donors (Lipinski definition) is 1. The molecule has 6 heteroatoms. The number of carbonyl (C=O) groups is 2. The van der Waals surface area contributed by atoms with Gasteiger partial charge in [-0.3, -0.25) is 0 Å². The number of hydrogen-bond acceptors (Lipinski definition) is 5. The number of rotatable bonds is 10. The average molecular weight is 385 g/mol. The van der Waals surface area contributed by atoms with Gasteiger partial charge in [0.25, 0.3) is 0 Å². The highest BCUT2D eigenvalue weighted by Gasteiger charge is 2.16. The number of benzene rings is 2. The molecular formula is C22H27NO5. The number of carbonyl (C=O) groups excluding carboxylic acids is 2. The predicted molar refractivity (Wildman–Crippen MR) is 106 cm³/mol. The Hall–Kier alpha value is -3.02. The van der Waals surface area contributed by atoms with Gasteiger partial charge in [-0.15, -0.1) is 0 Å². The highest BCUT2D eigenvalue weighted by molar-refractivity contribution is 5.67. The molecule has 2 aromatic rings. The van der Waals surface area contributed by atoms with Crippen LogP contribution in [-0.2, 0) is 27.4 Å². The molecule has 0 spiro atoms. The molecule has 0 fully saturated rings. The van der Waals surface area contributed by atoms with Crippen molar-refractivity contribution in [3.8, 4) is 0 Å². The molecule has 1 amide bonds. The Bertz CT molecular complexity index is 705. The molecule has 0 aliphatic carbocycles. The predicted octanol–water partition coefficient (Wildman–Crippen LogP) is 4.83. The molecule has 1 N–H and O–H groups in total. The zero-order valence-electron chi connectivity index (χ0n) is 16.1. The van der Waals surface area contributed by atoms with Crippen LogP contribution in [0.1, 0.15) is 37.3 Å². The SMILES string of the molecule is CCCC[C@H](COC(=O)OCc1ccccc1)NC(=O)OCc1ccccc1. The Labute approximate surface area is 165 Å². The molecule has 0 saturated heterocycles. The van der Waals surface area contributed by atoms with Crippen LogP contribution in [0.3, 0.4) is 0 Å². The number of ether oxygens (including phenoxy) is 3. The van der Waals surface area contributed by atoms with Gasteiger partial charge in [-0.2, -0.15) is 0 Å². The smallest absolute Gasteiger partial charge is 0.445 e. The molecule has 1 atom stereocenters. The van der Waals surface area contributed by atoms with Gasteiger partial charge in [0.1, 0.15) is 19.8 Å². The first-order valence-corrected chi connectivity index (χ1v) is 9.48. The summed E-state index contributed by atoms with van der Waals surface area (Å²) in [6.07, 6.45) is 1.25. The third-order valence-electron chi connectivity index (χ3n) is 4.04. The molecule has 0 unspecified atom stereocenters. The van der Waals surface area contributed by atoms with Crippen LogP contribution in [0.4, 0.5) is 9.59 Å². The summed E-state index contributed by atoms with van der Waals surface area (Å²) in [5.74, 6) is 0. The minimum absolute atomic E-state index is 0.0358. The first-order chi connectivity index (χ1) is 13.7. The zero-order valence-corrected chi connectivity index (χ0v) is 16.1. The molecular weight excluding hydrogens is 358 g/mol. The highest BCUT2D eigenvalue weighted by Crippen LogP contribution is 2.06. The van der Waals surface area contributed by atoms with Crippen LogP contribution in [-0.4, -0.2) is 24.9 Å². The summed E-state index contributed by atoms with van der Waals surface area (Å²) in [6.45, 7) is 2.42. The van der Waals surface area contributed by atoms with Crippen molar-refractivity contribution in [1.29, 1.82) is 0 Å². The van der Waals surface area contributed by atoms with E-state index in [9.17, 15) is 9.59 Å². The normalized spacial score (nSPS) is 11.3. The van der Waals surface area contributed by atoms with E-state index in [1.807, 2.05) is 60.7 Å². The summed E-state index contributed by atoms with van der Waals surface area (Å²) in [4.78, 5) is 23.8. The Morgan fingerprint density at radius 3 is 2.00 bits per heavy atom. The van der Waals surface area contributed by atoms with E-state index in [2.05, 4.69) is 12.2 Å². The van der Waals surface area contributed by atoms with Crippen molar-refractivity contribution >= 4 is 12.2 Å². The van der Waals surface area contributed by atoms with Crippen molar-refractivity contribution in [3.63, 3.8) is 0 Å². The number of amides is 1. The quantitative estimate of drug-likeness (QED) is 0.593. The van der Waals surface area contributed by atoms with Crippen LogP contribution >= 0.6 is 0 Å². The third kappa shape index (κ3) is 8.58. The van der Waals surface area contributed by atoms with Gasteiger partial charge >= 0.3 is 12.2 Å². The molecule has 0 radical (unpaired) electrons. The molecule has 28 heavy (non-hydrogen) atoms. The van der Waals surface area contributed by atoms with Gasteiger partial charge in [0.05, 0.1) is 6.04 Å². The van der Waals surface area contributed by atoms with E-state index >= 15 is 0 Å². The molecule has 0 aliphatic heterocycles. The number of alkyl carbamates (subject to hydrolysis) is 1. The van der Waals surface area contributed by atoms with Crippen molar-refractivity contribution in [2.75, 3.05) is 6.61 Å². The van der Waals surface area contributed by atoms with Gasteiger partial charge in [-0.05, 0) is 17.5 Å². The van der Waals surface area contributed by atoms with Gasteiger partial charge in [0.2, 0.25) is 0 Å². The van der Waals surface area contributed by atoms with Crippen molar-refractivity contribution in [3.05, 3.63) is 71.8 Å². The van der Waals surface area contributed by atoms with Crippen molar-refractivity contribution in [2.45, 2.75) is 45.4 Å². The molecule has 0 aliphatic rings. The van der Waals surface area contributed by atoms with E-state index in [0.29, 0.717) is 6.42 Å².